The third kappa shape index (κ3) is 2.56. The number of aryl methyl sites for hydroxylation is 1. The molecular weight excluding hydrogens is 196 g/mol. The maximum Gasteiger partial charge on any atom is 0.0399 e. The monoisotopic (exact) mass is 218 g/mol. The molecule has 88 valence electrons. The Balaban J connectivity index is 2.07. The van der Waals surface area contributed by atoms with E-state index >= 15 is 0 Å². The lowest BCUT2D eigenvalue weighted by atomic mass is 10.0. The minimum Gasteiger partial charge on any atom is -0.370 e. The van der Waals surface area contributed by atoms with Gasteiger partial charge < -0.3 is 10.2 Å². The fourth-order valence-corrected chi connectivity index (χ4v) is 2.54. The molecular formula is C14H22N2. The van der Waals surface area contributed by atoms with Crippen molar-refractivity contribution in [2.75, 3.05) is 24.5 Å². The van der Waals surface area contributed by atoms with Gasteiger partial charge in [0.25, 0.3) is 0 Å². The Bertz CT molecular complexity index is 335. The van der Waals surface area contributed by atoms with Crippen molar-refractivity contribution in [1.29, 1.82) is 0 Å². The fourth-order valence-electron chi connectivity index (χ4n) is 2.54. The molecule has 1 aliphatic rings. The molecule has 0 bridgehead atoms. The zero-order chi connectivity index (χ0) is 11.4. The number of fused-ring (bicyclic) bond motifs is 1. The van der Waals surface area contributed by atoms with E-state index in [1.807, 2.05) is 0 Å². The molecule has 1 N–H and O–H groups in total. The predicted molar refractivity (Wildman–Crippen MR) is 70.1 cm³/mol. The first-order valence-corrected chi connectivity index (χ1v) is 6.37. The van der Waals surface area contributed by atoms with Crippen LogP contribution < -0.4 is 10.2 Å². The summed E-state index contributed by atoms with van der Waals surface area (Å²) < 4.78 is 0. The average Bonchev–Trinajstić information content (AvgIpc) is 2.30. The average molecular weight is 218 g/mol. The van der Waals surface area contributed by atoms with E-state index in [9.17, 15) is 0 Å². The molecule has 0 amide bonds. The lowest BCUT2D eigenvalue weighted by molar-refractivity contribution is 0.539. The van der Waals surface area contributed by atoms with Gasteiger partial charge in [0, 0.05) is 24.8 Å². The Morgan fingerprint density at radius 3 is 3.00 bits per heavy atom. The molecule has 0 aliphatic carbocycles. The molecule has 2 rings (SSSR count). The number of anilines is 1. The standard InChI is InChI=1S/C14H22N2/c1-3-15-12(2)11-16-10-6-8-13-7-4-5-9-14(13)16/h4-5,7,9,12,15H,3,6,8,10-11H2,1-2H3. The summed E-state index contributed by atoms with van der Waals surface area (Å²) in [6, 6.07) is 9.38. The number of nitrogens with one attached hydrogen (secondary N) is 1. The summed E-state index contributed by atoms with van der Waals surface area (Å²) in [4.78, 5) is 2.52. The molecule has 0 saturated heterocycles. The molecule has 1 aromatic carbocycles. The maximum atomic E-state index is 3.48. The van der Waals surface area contributed by atoms with E-state index in [1.165, 1.54) is 30.6 Å². The molecule has 2 heteroatoms. The van der Waals surface area contributed by atoms with Gasteiger partial charge in [0.15, 0.2) is 0 Å². The summed E-state index contributed by atoms with van der Waals surface area (Å²) in [5, 5.41) is 3.48. The number of hydrogen-bond donors (Lipinski definition) is 1. The van der Waals surface area contributed by atoms with Crippen LogP contribution in [0.15, 0.2) is 24.3 Å². The van der Waals surface area contributed by atoms with Crippen molar-refractivity contribution >= 4 is 5.69 Å². The van der Waals surface area contributed by atoms with Crippen molar-refractivity contribution in [3.05, 3.63) is 29.8 Å². The molecule has 1 aliphatic heterocycles. The highest BCUT2D eigenvalue weighted by molar-refractivity contribution is 5.55. The van der Waals surface area contributed by atoms with Crippen molar-refractivity contribution in [3.63, 3.8) is 0 Å². The summed E-state index contributed by atoms with van der Waals surface area (Å²) in [5.41, 5.74) is 2.95. The molecule has 1 atom stereocenters. The number of benzene rings is 1. The number of nitrogens with zero attached hydrogens (tertiary/aromatic N) is 1. The lowest BCUT2D eigenvalue weighted by Crippen LogP contribution is -2.41. The molecule has 2 nitrogen and oxygen atoms in total. The van der Waals surface area contributed by atoms with Crippen molar-refractivity contribution in [3.8, 4) is 0 Å². The van der Waals surface area contributed by atoms with Crippen LogP contribution in [0, 0.1) is 0 Å². The van der Waals surface area contributed by atoms with Crippen molar-refractivity contribution in [2.45, 2.75) is 32.7 Å². The van der Waals surface area contributed by atoms with Gasteiger partial charge in [-0.3, -0.25) is 0 Å². The zero-order valence-electron chi connectivity index (χ0n) is 10.4. The van der Waals surface area contributed by atoms with Gasteiger partial charge in [-0.15, -0.1) is 0 Å². The van der Waals surface area contributed by atoms with Crippen molar-refractivity contribution in [1.82, 2.24) is 5.32 Å². The zero-order valence-corrected chi connectivity index (χ0v) is 10.4. The van der Waals surface area contributed by atoms with E-state index in [1.54, 1.807) is 0 Å². The van der Waals surface area contributed by atoms with Gasteiger partial charge >= 0.3 is 0 Å². The molecule has 0 fully saturated rings. The van der Waals surface area contributed by atoms with Crippen LogP contribution in [0.3, 0.4) is 0 Å². The van der Waals surface area contributed by atoms with Gasteiger partial charge in [-0.1, -0.05) is 25.1 Å². The molecule has 16 heavy (non-hydrogen) atoms. The number of rotatable bonds is 4. The second-order valence-corrected chi connectivity index (χ2v) is 4.64. The van der Waals surface area contributed by atoms with Gasteiger partial charge in [-0.25, -0.2) is 0 Å². The van der Waals surface area contributed by atoms with E-state index in [2.05, 4.69) is 48.3 Å². The normalized spacial score (nSPS) is 17.0. The third-order valence-corrected chi connectivity index (χ3v) is 3.25. The van der Waals surface area contributed by atoms with Crippen molar-refractivity contribution in [2.24, 2.45) is 0 Å². The van der Waals surface area contributed by atoms with E-state index < -0.39 is 0 Å². The maximum absolute atomic E-state index is 3.48. The van der Waals surface area contributed by atoms with Gasteiger partial charge in [-0.05, 0) is 37.9 Å². The first kappa shape index (κ1) is 11.5. The van der Waals surface area contributed by atoms with Crippen LogP contribution >= 0.6 is 0 Å². The Kier molecular flexibility index (Phi) is 3.83. The van der Waals surface area contributed by atoms with E-state index in [0.717, 1.165) is 13.1 Å². The Labute approximate surface area is 98.7 Å². The highest BCUT2D eigenvalue weighted by Gasteiger charge is 2.17. The highest BCUT2D eigenvalue weighted by atomic mass is 15.2. The van der Waals surface area contributed by atoms with E-state index in [0.29, 0.717) is 6.04 Å². The Hall–Kier alpha value is -1.02. The summed E-state index contributed by atoms with van der Waals surface area (Å²) >= 11 is 0. The van der Waals surface area contributed by atoms with Gasteiger partial charge in [0.1, 0.15) is 0 Å². The van der Waals surface area contributed by atoms with Crippen LogP contribution in [0.4, 0.5) is 5.69 Å². The number of likely N-dealkylation sites (N-methyl/N-ethyl adjacent to an activating group) is 1. The second kappa shape index (κ2) is 5.35. The summed E-state index contributed by atoms with van der Waals surface area (Å²) in [7, 11) is 0. The summed E-state index contributed by atoms with van der Waals surface area (Å²) in [6.45, 7) is 7.80. The number of para-hydroxylation sites is 1. The van der Waals surface area contributed by atoms with E-state index in [-0.39, 0.29) is 0 Å². The Morgan fingerprint density at radius 1 is 1.38 bits per heavy atom. The Morgan fingerprint density at radius 2 is 2.19 bits per heavy atom. The first-order chi connectivity index (χ1) is 7.81. The molecule has 0 aromatic heterocycles. The summed E-state index contributed by atoms with van der Waals surface area (Å²) in [6.07, 6.45) is 2.53. The highest BCUT2D eigenvalue weighted by Crippen LogP contribution is 2.26. The molecule has 1 aromatic rings. The fraction of sp³-hybridized carbons (Fsp3) is 0.571. The van der Waals surface area contributed by atoms with Crippen LogP contribution in [0.25, 0.3) is 0 Å². The molecule has 1 unspecified atom stereocenters. The van der Waals surface area contributed by atoms with Crippen LogP contribution in [0.2, 0.25) is 0 Å². The van der Waals surface area contributed by atoms with Crippen LogP contribution in [0.5, 0.6) is 0 Å². The number of hydrogen-bond acceptors (Lipinski definition) is 2. The lowest BCUT2D eigenvalue weighted by Gasteiger charge is -2.33. The van der Waals surface area contributed by atoms with Crippen molar-refractivity contribution < 1.29 is 0 Å². The predicted octanol–water partition coefficient (Wildman–Crippen LogP) is 2.44. The molecule has 0 spiro atoms. The molecule has 1 heterocycles. The topological polar surface area (TPSA) is 15.3 Å². The SMILES string of the molecule is CCNC(C)CN1CCCc2ccccc21. The van der Waals surface area contributed by atoms with Crippen LogP contribution in [-0.2, 0) is 6.42 Å². The minimum absolute atomic E-state index is 0.566. The van der Waals surface area contributed by atoms with E-state index in [4.69, 9.17) is 0 Å². The molecule has 0 radical (unpaired) electrons. The third-order valence-electron chi connectivity index (χ3n) is 3.25. The van der Waals surface area contributed by atoms with Crippen LogP contribution in [0.1, 0.15) is 25.8 Å². The summed E-state index contributed by atoms with van der Waals surface area (Å²) in [5.74, 6) is 0. The van der Waals surface area contributed by atoms with Gasteiger partial charge in [0.2, 0.25) is 0 Å². The quantitative estimate of drug-likeness (QED) is 0.835. The van der Waals surface area contributed by atoms with Gasteiger partial charge in [-0.2, -0.15) is 0 Å². The minimum atomic E-state index is 0.566. The first-order valence-electron chi connectivity index (χ1n) is 6.37. The smallest absolute Gasteiger partial charge is 0.0399 e. The van der Waals surface area contributed by atoms with Crippen LogP contribution in [-0.4, -0.2) is 25.7 Å². The largest absolute Gasteiger partial charge is 0.370 e. The van der Waals surface area contributed by atoms with Gasteiger partial charge in [0.05, 0.1) is 0 Å². The molecule has 0 saturated carbocycles. The second-order valence-electron chi connectivity index (χ2n) is 4.64.